The van der Waals surface area contributed by atoms with Gasteiger partial charge in [-0.25, -0.2) is 0 Å². The molecule has 0 saturated heterocycles. The zero-order valence-electron chi connectivity index (χ0n) is 15.7. The first-order chi connectivity index (χ1) is 13.5. The van der Waals surface area contributed by atoms with Crippen molar-refractivity contribution in [1.82, 2.24) is 5.32 Å². The maximum atomic E-state index is 12.4. The third-order valence-electron chi connectivity index (χ3n) is 5.13. The van der Waals surface area contributed by atoms with Crippen LogP contribution in [0.1, 0.15) is 41.6 Å². The minimum Gasteiger partial charge on any atom is -0.426 e. The molecule has 4 N–H and O–H groups in total. The van der Waals surface area contributed by atoms with Crippen LogP contribution in [0.25, 0.3) is 0 Å². The van der Waals surface area contributed by atoms with Gasteiger partial charge in [-0.15, -0.1) is 0 Å². The highest BCUT2D eigenvalue weighted by Gasteiger charge is 2.27. The summed E-state index contributed by atoms with van der Waals surface area (Å²) in [4.78, 5) is 24.8. The second-order valence-electron chi connectivity index (χ2n) is 7.15. The lowest BCUT2D eigenvalue weighted by Gasteiger charge is -2.27. The molecule has 0 bridgehead atoms. The van der Waals surface area contributed by atoms with Crippen LogP contribution >= 0.6 is 0 Å². The molecule has 0 aromatic heterocycles. The van der Waals surface area contributed by atoms with Gasteiger partial charge in [0.05, 0.1) is 5.92 Å². The Morgan fingerprint density at radius 2 is 1.57 bits per heavy atom. The van der Waals surface area contributed by atoms with E-state index in [2.05, 4.69) is 5.32 Å². The molecule has 146 valence electrons. The van der Waals surface area contributed by atoms with E-state index in [1.165, 1.54) is 0 Å². The third kappa shape index (κ3) is 5.19. The van der Waals surface area contributed by atoms with E-state index in [1.54, 1.807) is 36.4 Å². The topological polar surface area (TPSA) is 105 Å². The van der Waals surface area contributed by atoms with Gasteiger partial charge in [0.25, 0.3) is 0 Å². The van der Waals surface area contributed by atoms with Crippen molar-refractivity contribution in [2.24, 2.45) is 17.6 Å². The molecule has 0 heterocycles. The Morgan fingerprint density at radius 1 is 0.964 bits per heavy atom. The Kier molecular flexibility index (Phi) is 6.42. The molecular weight excluding hydrogens is 354 g/mol. The molecule has 2 aromatic rings. The number of guanidine groups is 1. The van der Waals surface area contributed by atoms with Crippen LogP contribution in [0, 0.1) is 17.2 Å². The van der Waals surface area contributed by atoms with E-state index >= 15 is 0 Å². The molecule has 0 radical (unpaired) electrons. The van der Waals surface area contributed by atoms with Crippen molar-refractivity contribution in [3.8, 4) is 5.75 Å². The van der Waals surface area contributed by atoms with Gasteiger partial charge in [0, 0.05) is 17.7 Å². The zero-order valence-corrected chi connectivity index (χ0v) is 15.7. The van der Waals surface area contributed by atoms with E-state index < -0.39 is 0 Å². The number of hydrogen-bond donors (Lipinski definition) is 3. The maximum Gasteiger partial charge on any atom is 0.314 e. The molecule has 0 unspecified atom stereocenters. The fourth-order valence-electron chi connectivity index (χ4n) is 3.49. The Balaban J connectivity index is 1.51. The van der Waals surface area contributed by atoms with Crippen molar-refractivity contribution < 1.29 is 14.3 Å². The van der Waals surface area contributed by atoms with Crippen LogP contribution in [-0.2, 0) is 4.79 Å². The standard InChI is InChI=1S/C22H25N3O3/c23-22(24)25-14-15-6-8-18(9-7-15)21(27)28-19-12-10-17(11-13-19)20(26)16-4-2-1-3-5-16/h1-5,10-13,15,18H,6-9,14H2,(H4,23,24,25)/t15-,18-. The van der Waals surface area contributed by atoms with E-state index in [1.807, 2.05) is 18.2 Å². The van der Waals surface area contributed by atoms with E-state index in [4.69, 9.17) is 15.9 Å². The molecule has 28 heavy (non-hydrogen) atoms. The summed E-state index contributed by atoms with van der Waals surface area (Å²) in [6.45, 7) is 0.675. The number of nitrogens with one attached hydrogen (secondary N) is 2. The van der Waals surface area contributed by atoms with Crippen LogP contribution in [0.2, 0.25) is 0 Å². The number of rotatable bonds is 6. The summed E-state index contributed by atoms with van der Waals surface area (Å²) in [6, 6.07) is 15.8. The van der Waals surface area contributed by atoms with Crippen LogP contribution < -0.4 is 15.8 Å². The SMILES string of the molecule is N=C(N)NC[C@H]1CC[C@H](C(=O)Oc2ccc(C(=O)c3ccccc3)cc2)CC1. The van der Waals surface area contributed by atoms with Crippen LogP contribution in [-0.4, -0.2) is 24.3 Å². The average Bonchev–Trinajstić information content (AvgIpc) is 2.73. The van der Waals surface area contributed by atoms with Gasteiger partial charge in [-0.1, -0.05) is 30.3 Å². The quantitative estimate of drug-likeness (QED) is 0.235. The largest absolute Gasteiger partial charge is 0.426 e. The lowest BCUT2D eigenvalue weighted by molar-refractivity contribution is -0.140. The number of carbonyl (C=O) groups excluding carboxylic acids is 2. The predicted octanol–water partition coefficient (Wildman–Crippen LogP) is 3.11. The molecule has 1 fully saturated rings. The van der Waals surface area contributed by atoms with Crippen molar-refractivity contribution in [2.75, 3.05) is 6.54 Å². The molecule has 1 aliphatic carbocycles. The van der Waals surface area contributed by atoms with Crippen LogP contribution in [0.3, 0.4) is 0 Å². The number of carbonyl (C=O) groups is 2. The minimum absolute atomic E-state index is 0.0178. The van der Waals surface area contributed by atoms with Gasteiger partial charge in [0.1, 0.15) is 5.75 Å². The molecule has 0 aliphatic heterocycles. The van der Waals surface area contributed by atoms with E-state index in [-0.39, 0.29) is 23.6 Å². The van der Waals surface area contributed by atoms with Crippen LogP contribution in [0.4, 0.5) is 0 Å². The highest BCUT2D eigenvalue weighted by molar-refractivity contribution is 6.09. The lowest BCUT2D eigenvalue weighted by atomic mass is 9.82. The van der Waals surface area contributed by atoms with Crippen molar-refractivity contribution in [2.45, 2.75) is 25.7 Å². The normalized spacial score (nSPS) is 18.9. The molecule has 0 spiro atoms. The van der Waals surface area contributed by atoms with Crippen LogP contribution in [0.5, 0.6) is 5.75 Å². The number of hydrogen-bond acceptors (Lipinski definition) is 4. The van der Waals surface area contributed by atoms with E-state index in [9.17, 15) is 9.59 Å². The van der Waals surface area contributed by atoms with Crippen molar-refractivity contribution in [1.29, 1.82) is 5.41 Å². The number of benzene rings is 2. The Hall–Kier alpha value is -3.15. The molecular formula is C22H25N3O3. The summed E-state index contributed by atoms with van der Waals surface area (Å²) in [5.74, 6) is 0.470. The van der Waals surface area contributed by atoms with Gasteiger partial charge in [-0.3, -0.25) is 15.0 Å². The third-order valence-corrected chi connectivity index (χ3v) is 5.13. The Bertz CT molecular complexity index is 826. The first-order valence-corrected chi connectivity index (χ1v) is 9.52. The van der Waals surface area contributed by atoms with Gasteiger partial charge >= 0.3 is 5.97 Å². The smallest absolute Gasteiger partial charge is 0.314 e. The van der Waals surface area contributed by atoms with Gasteiger partial charge in [-0.05, 0) is 55.9 Å². The first kappa shape index (κ1) is 19.6. The fraction of sp³-hybridized carbons (Fsp3) is 0.318. The molecule has 6 heteroatoms. The molecule has 0 amide bonds. The number of ether oxygens (including phenoxy) is 1. The maximum absolute atomic E-state index is 12.4. The second kappa shape index (κ2) is 9.17. The first-order valence-electron chi connectivity index (χ1n) is 9.52. The van der Waals surface area contributed by atoms with E-state index in [0.29, 0.717) is 29.3 Å². The van der Waals surface area contributed by atoms with Crippen molar-refractivity contribution >= 4 is 17.7 Å². The molecule has 3 rings (SSSR count). The van der Waals surface area contributed by atoms with Crippen molar-refractivity contribution in [3.63, 3.8) is 0 Å². The zero-order chi connectivity index (χ0) is 19.9. The fourth-order valence-corrected chi connectivity index (χ4v) is 3.49. The summed E-state index contributed by atoms with van der Waals surface area (Å²) < 4.78 is 5.51. The Labute approximate surface area is 164 Å². The highest BCUT2D eigenvalue weighted by atomic mass is 16.5. The molecule has 6 nitrogen and oxygen atoms in total. The van der Waals surface area contributed by atoms with Gasteiger partial charge in [0.2, 0.25) is 0 Å². The summed E-state index contributed by atoms with van der Waals surface area (Å²) in [6.07, 6.45) is 3.36. The highest BCUT2D eigenvalue weighted by Crippen LogP contribution is 2.29. The number of nitrogens with two attached hydrogens (primary N) is 1. The number of ketones is 1. The van der Waals surface area contributed by atoms with Crippen LogP contribution in [0.15, 0.2) is 54.6 Å². The van der Waals surface area contributed by atoms with Gasteiger partial charge in [-0.2, -0.15) is 0 Å². The molecule has 2 aromatic carbocycles. The lowest BCUT2D eigenvalue weighted by Crippen LogP contribution is -2.36. The van der Waals surface area contributed by atoms with E-state index in [0.717, 1.165) is 25.7 Å². The average molecular weight is 379 g/mol. The minimum atomic E-state index is -0.222. The monoisotopic (exact) mass is 379 g/mol. The van der Waals surface area contributed by atoms with Crippen molar-refractivity contribution in [3.05, 3.63) is 65.7 Å². The second-order valence-corrected chi connectivity index (χ2v) is 7.15. The number of esters is 1. The summed E-state index contributed by atoms with van der Waals surface area (Å²) >= 11 is 0. The predicted molar refractivity (Wildman–Crippen MR) is 107 cm³/mol. The molecule has 1 aliphatic rings. The summed E-state index contributed by atoms with van der Waals surface area (Å²) in [5, 5.41) is 10.1. The Morgan fingerprint density at radius 3 is 2.18 bits per heavy atom. The van der Waals surface area contributed by atoms with Gasteiger partial charge < -0.3 is 15.8 Å². The molecule has 0 atom stereocenters. The molecule has 1 saturated carbocycles. The van der Waals surface area contributed by atoms with Gasteiger partial charge in [0.15, 0.2) is 11.7 Å². The summed E-state index contributed by atoms with van der Waals surface area (Å²) in [5.41, 5.74) is 6.50. The summed E-state index contributed by atoms with van der Waals surface area (Å²) in [7, 11) is 0.